The van der Waals surface area contributed by atoms with Gasteiger partial charge in [-0.25, -0.2) is 4.79 Å². The van der Waals surface area contributed by atoms with Crippen molar-refractivity contribution in [3.63, 3.8) is 0 Å². The van der Waals surface area contributed by atoms with Crippen LogP contribution in [-0.4, -0.2) is 105 Å². The lowest BCUT2D eigenvalue weighted by molar-refractivity contribution is -0.341. The van der Waals surface area contributed by atoms with Gasteiger partial charge in [0.25, 0.3) is 0 Å². The van der Waals surface area contributed by atoms with Crippen LogP contribution in [0.1, 0.15) is 41.5 Å². The van der Waals surface area contributed by atoms with Crippen molar-refractivity contribution in [2.45, 2.75) is 109 Å². The van der Waals surface area contributed by atoms with Crippen molar-refractivity contribution in [3.8, 4) is 0 Å². The number of carbonyl (C=O) groups excluding carboxylic acids is 4. The summed E-state index contributed by atoms with van der Waals surface area (Å²) in [4.78, 5) is 48.5. The van der Waals surface area contributed by atoms with E-state index < -0.39 is 91.1 Å². The molecule has 0 bridgehead atoms. The fourth-order valence-electron chi connectivity index (χ4n) is 4.64. The van der Waals surface area contributed by atoms with Crippen LogP contribution < -0.4 is 0 Å². The average molecular weight is 535 g/mol. The first-order chi connectivity index (χ1) is 17.3. The Hall–Kier alpha value is -2.36. The normalized spacial score (nSPS) is 38.7. The van der Waals surface area contributed by atoms with E-state index in [1.54, 1.807) is 20.8 Å². The first kappa shape index (κ1) is 29.2. The first-order valence-corrected chi connectivity index (χ1v) is 11.7. The van der Waals surface area contributed by atoms with E-state index in [-0.39, 0.29) is 0 Å². The van der Waals surface area contributed by atoms with Gasteiger partial charge in [0.15, 0.2) is 42.8 Å². The summed E-state index contributed by atoms with van der Waals surface area (Å²) in [6.45, 7) is 8.45. The number of fused-ring (bicyclic) bond motifs is 1. The highest BCUT2D eigenvalue weighted by atomic mass is 16.8. The van der Waals surface area contributed by atoms with Crippen LogP contribution in [0.25, 0.3) is 0 Å². The maximum atomic E-state index is 12.6. The highest BCUT2D eigenvalue weighted by Crippen LogP contribution is 2.40. The molecule has 0 N–H and O–H groups in total. The van der Waals surface area contributed by atoms with E-state index in [1.165, 1.54) is 7.11 Å². The highest BCUT2D eigenvalue weighted by molar-refractivity contribution is 5.77. The molecule has 37 heavy (non-hydrogen) atoms. The second-order valence-electron chi connectivity index (χ2n) is 9.28. The van der Waals surface area contributed by atoms with Gasteiger partial charge in [0.2, 0.25) is 0 Å². The Kier molecular flexibility index (Phi) is 9.14. The molecule has 0 spiro atoms. The Balaban J connectivity index is 2.00. The second kappa shape index (κ2) is 11.6. The molecule has 0 radical (unpaired) electrons. The highest BCUT2D eigenvalue weighted by Gasteiger charge is 2.59. The van der Waals surface area contributed by atoms with Crippen LogP contribution in [0.5, 0.6) is 0 Å². The Morgan fingerprint density at radius 3 is 1.78 bits per heavy atom. The van der Waals surface area contributed by atoms with E-state index in [0.717, 1.165) is 27.9 Å². The predicted molar refractivity (Wildman–Crippen MR) is 117 cm³/mol. The van der Waals surface area contributed by atoms with E-state index in [4.69, 9.17) is 47.4 Å². The molecule has 3 fully saturated rings. The molecular weight excluding hydrogens is 500 g/mol. The molecule has 0 amide bonds. The number of methoxy groups -OCH3 is 2. The zero-order valence-electron chi connectivity index (χ0n) is 22.0. The number of ether oxygens (including phenoxy) is 10. The quantitative estimate of drug-likeness (QED) is 0.316. The minimum absolute atomic E-state index is 0.653. The zero-order valence-corrected chi connectivity index (χ0v) is 22.0. The van der Waals surface area contributed by atoms with Gasteiger partial charge >= 0.3 is 23.9 Å². The molecule has 3 aliphatic rings. The number of carbonyl (C=O) groups is 4. The molecule has 3 rings (SSSR count). The van der Waals surface area contributed by atoms with Gasteiger partial charge in [-0.1, -0.05) is 0 Å². The van der Waals surface area contributed by atoms with Crippen LogP contribution in [0.15, 0.2) is 0 Å². The SMILES string of the molecule is COC(=O)C1OC(OC2C(C)OC(OC)C3OC(C)(C)OC23)C(OC(C)=O)C(OC(C)=O)C1OC(C)=O. The first-order valence-electron chi connectivity index (χ1n) is 11.7. The van der Waals surface area contributed by atoms with Crippen LogP contribution >= 0.6 is 0 Å². The van der Waals surface area contributed by atoms with Gasteiger partial charge < -0.3 is 47.4 Å². The molecule has 210 valence electrons. The van der Waals surface area contributed by atoms with Gasteiger partial charge in [-0.2, -0.15) is 0 Å². The molecule has 3 heterocycles. The minimum atomic E-state index is -1.59. The van der Waals surface area contributed by atoms with Crippen molar-refractivity contribution in [1.29, 1.82) is 0 Å². The molecule has 10 unspecified atom stereocenters. The summed E-state index contributed by atoms with van der Waals surface area (Å²) in [5.74, 6) is -4.31. The molecule has 0 aromatic carbocycles. The van der Waals surface area contributed by atoms with Crippen molar-refractivity contribution < 1.29 is 66.5 Å². The Morgan fingerprint density at radius 2 is 1.24 bits per heavy atom. The van der Waals surface area contributed by atoms with Crippen molar-refractivity contribution >= 4 is 23.9 Å². The Labute approximate surface area is 214 Å². The van der Waals surface area contributed by atoms with Gasteiger partial charge in [-0.05, 0) is 20.8 Å². The summed E-state index contributed by atoms with van der Waals surface area (Å²) in [5, 5.41) is 0. The molecule has 3 aliphatic heterocycles. The van der Waals surface area contributed by atoms with E-state index in [1.807, 2.05) is 0 Å². The third-order valence-corrected chi connectivity index (χ3v) is 5.93. The maximum absolute atomic E-state index is 12.6. The molecule has 0 aliphatic carbocycles. The lowest BCUT2D eigenvalue weighted by Gasteiger charge is -2.46. The number of esters is 4. The average Bonchev–Trinajstić information content (AvgIpc) is 3.12. The fraction of sp³-hybridized carbons (Fsp3) is 0.826. The molecule has 0 aromatic rings. The molecular formula is C23H34O14. The standard InChI is InChI=1S/C23H34O14/c1-9-13(16-19(21(29-8)30-9)37-23(5,6)36-16)34-22-18(33-12(4)26)15(32-11(3)25)14(31-10(2)24)17(35-22)20(27)28-7/h9,13-19,21-22H,1-8H3. The van der Waals surface area contributed by atoms with Gasteiger partial charge in [0, 0.05) is 27.9 Å². The molecule has 0 aromatic heterocycles. The van der Waals surface area contributed by atoms with E-state index in [9.17, 15) is 19.2 Å². The minimum Gasteiger partial charge on any atom is -0.467 e. The van der Waals surface area contributed by atoms with Crippen LogP contribution in [-0.2, 0) is 66.5 Å². The molecule has 14 heteroatoms. The molecule has 0 saturated carbocycles. The van der Waals surface area contributed by atoms with Crippen LogP contribution in [0.2, 0.25) is 0 Å². The fourth-order valence-corrected chi connectivity index (χ4v) is 4.64. The summed E-state index contributed by atoms with van der Waals surface area (Å²) in [6.07, 6.45) is -11.2. The predicted octanol–water partition coefficient (Wildman–Crippen LogP) is -0.0241. The van der Waals surface area contributed by atoms with Crippen molar-refractivity contribution in [3.05, 3.63) is 0 Å². The Bertz CT molecular complexity index is 874. The second-order valence-corrected chi connectivity index (χ2v) is 9.28. The third kappa shape index (κ3) is 6.56. The van der Waals surface area contributed by atoms with E-state index in [2.05, 4.69) is 0 Å². The van der Waals surface area contributed by atoms with Crippen molar-refractivity contribution in [2.24, 2.45) is 0 Å². The van der Waals surface area contributed by atoms with Crippen LogP contribution in [0.3, 0.4) is 0 Å². The van der Waals surface area contributed by atoms with Gasteiger partial charge in [0.1, 0.15) is 18.3 Å². The number of rotatable bonds is 7. The van der Waals surface area contributed by atoms with Crippen LogP contribution in [0.4, 0.5) is 0 Å². The summed E-state index contributed by atoms with van der Waals surface area (Å²) >= 11 is 0. The molecule has 3 saturated heterocycles. The number of hydrogen-bond acceptors (Lipinski definition) is 14. The molecule has 14 nitrogen and oxygen atoms in total. The summed E-state index contributed by atoms with van der Waals surface area (Å²) in [7, 11) is 2.56. The lowest BCUT2D eigenvalue weighted by atomic mass is 9.96. The summed E-state index contributed by atoms with van der Waals surface area (Å²) in [5.41, 5.74) is 0. The van der Waals surface area contributed by atoms with Gasteiger partial charge in [-0.15, -0.1) is 0 Å². The smallest absolute Gasteiger partial charge is 0.339 e. The largest absolute Gasteiger partial charge is 0.467 e. The summed E-state index contributed by atoms with van der Waals surface area (Å²) in [6, 6.07) is 0. The van der Waals surface area contributed by atoms with Gasteiger partial charge in [-0.3, -0.25) is 14.4 Å². The Morgan fingerprint density at radius 1 is 0.703 bits per heavy atom. The topological polar surface area (TPSA) is 161 Å². The van der Waals surface area contributed by atoms with Crippen molar-refractivity contribution in [1.82, 2.24) is 0 Å². The van der Waals surface area contributed by atoms with Crippen LogP contribution in [0, 0.1) is 0 Å². The van der Waals surface area contributed by atoms with E-state index in [0.29, 0.717) is 0 Å². The van der Waals surface area contributed by atoms with Crippen molar-refractivity contribution in [2.75, 3.05) is 14.2 Å². The van der Waals surface area contributed by atoms with Gasteiger partial charge in [0.05, 0.1) is 13.2 Å². The monoisotopic (exact) mass is 534 g/mol. The zero-order chi connectivity index (χ0) is 27.7. The number of hydrogen-bond donors (Lipinski definition) is 0. The lowest BCUT2D eigenvalue weighted by Crippen LogP contribution is -2.66. The molecule has 10 atom stereocenters. The summed E-state index contributed by atoms with van der Waals surface area (Å²) < 4.78 is 56.3. The van der Waals surface area contributed by atoms with E-state index >= 15 is 0 Å². The maximum Gasteiger partial charge on any atom is 0.339 e. The third-order valence-electron chi connectivity index (χ3n) is 5.93.